The predicted octanol–water partition coefficient (Wildman–Crippen LogP) is 2.44. The molecule has 1 amide bonds. The number of rotatable bonds is 4. The monoisotopic (exact) mass is 294 g/mol. The molecule has 2 rings (SSSR count). The summed E-state index contributed by atoms with van der Waals surface area (Å²) in [6.07, 6.45) is 3.59. The molecule has 1 aromatic heterocycles. The normalized spacial score (nSPS) is 25.6. The summed E-state index contributed by atoms with van der Waals surface area (Å²) in [5.41, 5.74) is -0.705. The maximum absolute atomic E-state index is 12.3. The lowest BCUT2D eigenvalue weighted by Gasteiger charge is -2.37. The van der Waals surface area contributed by atoms with Crippen LogP contribution in [-0.2, 0) is 4.79 Å². The fourth-order valence-electron chi connectivity index (χ4n) is 2.99. The fourth-order valence-corrected chi connectivity index (χ4v) is 2.99. The molecule has 0 bridgehead atoms. The number of aryl methyl sites for hydroxylation is 2. The number of aliphatic carboxylic acids is 1. The Morgan fingerprint density at radius 1 is 1.38 bits per heavy atom. The molecule has 1 saturated carbocycles. The van der Waals surface area contributed by atoms with E-state index in [1.54, 1.807) is 13.8 Å². The van der Waals surface area contributed by atoms with Crippen LogP contribution in [-0.4, -0.2) is 27.5 Å². The van der Waals surface area contributed by atoms with Crippen LogP contribution < -0.4 is 5.32 Å². The number of carboxylic acid groups (broad SMARTS) is 1. The number of aromatic nitrogens is 1. The molecule has 0 saturated heterocycles. The molecule has 0 aromatic carbocycles. The number of carboxylic acids is 1. The molecule has 21 heavy (non-hydrogen) atoms. The summed E-state index contributed by atoms with van der Waals surface area (Å²) < 4.78 is 5.27. The fraction of sp³-hybridized carbons (Fsp3) is 0.667. The van der Waals surface area contributed by atoms with E-state index in [9.17, 15) is 14.7 Å². The largest absolute Gasteiger partial charge is 0.480 e. The van der Waals surface area contributed by atoms with E-state index in [4.69, 9.17) is 4.42 Å². The van der Waals surface area contributed by atoms with Gasteiger partial charge in [0.05, 0.1) is 5.69 Å². The average molecular weight is 294 g/mol. The molecule has 1 fully saturated rings. The molecule has 0 unspecified atom stereocenters. The van der Waals surface area contributed by atoms with Crippen LogP contribution in [0.2, 0.25) is 0 Å². The molecule has 0 aliphatic heterocycles. The highest BCUT2D eigenvalue weighted by molar-refractivity contribution is 5.96. The maximum atomic E-state index is 12.3. The van der Waals surface area contributed by atoms with Gasteiger partial charge in [0, 0.05) is 6.92 Å². The van der Waals surface area contributed by atoms with Crippen LogP contribution >= 0.6 is 0 Å². The molecular formula is C15H22N2O4. The minimum absolute atomic E-state index is 0.103. The van der Waals surface area contributed by atoms with Gasteiger partial charge in [-0.15, -0.1) is 0 Å². The van der Waals surface area contributed by atoms with Gasteiger partial charge in [-0.3, -0.25) is 4.79 Å². The third-order valence-electron chi connectivity index (χ3n) is 4.41. The van der Waals surface area contributed by atoms with E-state index in [0.717, 1.165) is 19.3 Å². The minimum atomic E-state index is -1.18. The van der Waals surface area contributed by atoms with Crippen molar-refractivity contribution in [2.75, 3.05) is 0 Å². The van der Waals surface area contributed by atoms with Crippen LogP contribution in [0, 0.1) is 19.8 Å². The molecule has 1 aliphatic carbocycles. The zero-order valence-corrected chi connectivity index (χ0v) is 12.7. The Morgan fingerprint density at radius 2 is 2.00 bits per heavy atom. The van der Waals surface area contributed by atoms with Crippen LogP contribution in [0.15, 0.2) is 4.42 Å². The van der Waals surface area contributed by atoms with Crippen LogP contribution in [0.1, 0.15) is 61.2 Å². The Labute approximate surface area is 123 Å². The molecule has 116 valence electrons. The Balaban J connectivity index is 2.16. The van der Waals surface area contributed by atoms with Crippen molar-refractivity contribution >= 4 is 11.9 Å². The van der Waals surface area contributed by atoms with Crippen molar-refractivity contribution in [1.82, 2.24) is 10.3 Å². The van der Waals surface area contributed by atoms with E-state index in [1.165, 1.54) is 0 Å². The van der Waals surface area contributed by atoms with E-state index >= 15 is 0 Å². The number of nitrogens with one attached hydrogen (secondary N) is 1. The second-order valence-corrected chi connectivity index (χ2v) is 5.84. The molecule has 1 aromatic rings. The summed E-state index contributed by atoms with van der Waals surface area (Å²) in [4.78, 5) is 28.0. The first-order valence-electron chi connectivity index (χ1n) is 7.38. The van der Waals surface area contributed by atoms with Gasteiger partial charge in [0.25, 0.3) is 5.91 Å². The van der Waals surface area contributed by atoms with Gasteiger partial charge in [-0.1, -0.05) is 13.3 Å². The molecule has 0 radical (unpaired) electrons. The van der Waals surface area contributed by atoms with Crippen molar-refractivity contribution in [3.05, 3.63) is 17.3 Å². The zero-order valence-electron chi connectivity index (χ0n) is 12.7. The van der Waals surface area contributed by atoms with Gasteiger partial charge < -0.3 is 14.8 Å². The van der Waals surface area contributed by atoms with Gasteiger partial charge in [-0.25, -0.2) is 9.78 Å². The third kappa shape index (κ3) is 3.09. The van der Waals surface area contributed by atoms with E-state index < -0.39 is 17.4 Å². The Morgan fingerprint density at radius 3 is 2.43 bits per heavy atom. The van der Waals surface area contributed by atoms with Gasteiger partial charge >= 0.3 is 5.97 Å². The van der Waals surface area contributed by atoms with Crippen molar-refractivity contribution in [2.45, 2.75) is 58.4 Å². The number of oxazole rings is 1. The number of nitrogens with zero attached hydrogens (tertiary/aromatic N) is 1. The number of amides is 1. The number of carbonyl (C=O) groups excluding carboxylic acids is 1. The first-order valence-corrected chi connectivity index (χ1v) is 7.38. The van der Waals surface area contributed by atoms with Gasteiger partial charge in [0.15, 0.2) is 5.89 Å². The first kappa shape index (κ1) is 15.5. The quantitative estimate of drug-likeness (QED) is 0.889. The van der Waals surface area contributed by atoms with Gasteiger partial charge in [0.1, 0.15) is 5.54 Å². The molecule has 2 N–H and O–H groups in total. The van der Waals surface area contributed by atoms with Crippen molar-refractivity contribution in [3.8, 4) is 0 Å². The number of carbonyl (C=O) groups is 2. The summed E-state index contributed by atoms with van der Waals surface area (Å²) in [5, 5.41) is 12.2. The Kier molecular flexibility index (Phi) is 4.34. The topological polar surface area (TPSA) is 92.4 Å². The molecule has 6 nitrogen and oxygen atoms in total. The summed E-state index contributed by atoms with van der Waals surface area (Å²) in [6, 6.07) is 0. The molecular weight excluding hydrogens is 272 g/mol. The highest BCUT2D eigenvalue weighted by Crippen LogP contribution is 2.34. The molecule has 1 aliphatic rings. The van der Waals surface area contributed by atoms with Crippen LogP contribution in [0.25, 0.3) is 0 Å². The third-order valence-corrected chi connectivity index (χ3v) is 4.41. The van der Waals surface area contributed by atoms with Gasteiger partial charge in [-0.05, 0) is 38.5 Å². The SMILES string of the molecule is CCC1CCC(NC(=O)c2oc(C)nc2C)(C(=O)O)CC1. The van der Waals surface area contributed by atoms with Crippen molar-refractivity contribution < 1.29 is 19.1 Å². The summed E-state index contributed by atoms with van der Waals surface area (Å²) in [7, 11) is 0. The highest BCUT2D eigenvalue weighted by atomic mass is 16.4. The zero-order chi connectivity index (χ0) is 15.6. The summed E-state index contributed by atoms with van der Waals surface area (Å²) in [5.74, 6) is -0.421. The molecule has 0 spiro atoms. The number of hydrogen-bond acceptors (Lipinski definition) is 4. The summed E-state index contributed by atoms with van der Waals surface area (Å²) in [6.45, 7) is 5.44. The Hall–Kier alpha value is -1.85. The van der Waals surface area contributed by atoms with Crippen molar-refractivity contribution in [1.29, 1.82) is 0 Å². The molecule has 1 heterocycles. The lowest BCUT2D eigenvalue weighted by molar-refractivity contribution is -0.146. The second-order valence-electron chi connectivity index (χ2n) is 5.84. The lowest BCUT2D eigenvalue weighted by Crippen LogP contribution is -2.56. The standard InChI is InChI=1S/C15H22N2O4/c1-4-11-5-7-15(8-6-11,14(19)20)17-13(18)12-9(2)16-10(3)21-12/h11H,4-8H2,1-3H3,(H,17,18)(H,19,20). The van der Waals surface area contributed by atoms with E-state index in [1.807, 2.05) is 0 Å². The summed E-state index contributed by atoms with van der Waals surface area (Å²) >= 11 is 0. The minimum Gasteiger partial charge on any atom is -0.480 e. The van der Waals surface area contributed by atoms with E-state index in [2.05, 4.69) is 17.2 Å². The van der Waals surface area contributed by atoms with Crippen molar-refractivity contribution in [3.63, 3.8) is 0 Å². The van der Waals surface area contributed by atoms with E-state index in [0.29, 0.717) is 30.3 Å². The van der Waals surface area contributed by atoms with Crippen LogP contribution in [0.3, 0.4) is 0 Å². The molecule has 6 heteroatoms. The second kappa shape index (κ2) is 5.87. The van der Waals surface area contributed by atoms with Crippen LogP contribution in [0.4, 0.5) is 0 Å². The van der Waals surface area contributed by atoms with Gasteiger partial charge in [-0.2, -0.15) is 0 Å². The van der Waals surface area contributed by atoms with E-state index in [-0.39, 0.29) is 5.76 Å². The van der Waals surface area contributed by atoms with Crippen molar-refractivity contribution in [2.24, 2.45) is 5.92 Å². The smallest absolute Gasteiger partial charge is 0.329 e. The number of hydrogen-bond donors (Lipinski definition) is 2. The Bertz CT molecular complexity index is 542. The predicted molar refractivity (Wildman–Crippen MR) is 76.1 cm³/mol. The van der Waals surface area contributed by atoms with Gasteiger partial charge in [0.2, 0.25) is 5.76 Å². The maximum Gasteiger partial charge on any atom is 0.329 e. The highest BCUT2D eigenvalue weighted by Gasteiger charge is 2.43. The first-order chi connectivity index (χ1) is 9.88. The molecule has 0 atom stereocenters. The lowest BCUT2D eigenvalue weighted by atomic mass is 9.75. The van der Waals surface area contributed by atoms with Crippen LogP contribution in [0.5, 0.6) is 0 Å². The average Bonchev–Trinajstić information content (AvgIpc) is 2.78.